The number of ether oxygens (including phenoxy) is 1. The highest BCUT2D eigenvalue weighted by molar-refractivity contribution is 5.48. The zero-order valence-corrected chi connectivity index (χ0v) is 13.7. The molecular weight excluding hydrogens is 274 g/mol. The number of rotatable bonds is 5. The predicted molar refractivity (Wildman–Crippen MR) is 87.0 cm³/mol. The summed E-state index contributed by atoms with van der Waals surface area (Å²) in [4.78, 5) is 15.2. The van der Waals surface area contributed by atoms with Gasteiger partial charge in [-0.1, -0.05) is 19.3 Å². The Morgan fingerprint density at radius 3 is 2.45 bits per heavy atom. The van der Waals surface area contributed by atoms with Crippen LogP contribution in [0, 0.1) is 19.8 Å². The predicted octanol–water partition coefficient (Wildman–Crippen LogP) is 4.59. The van der Waals surface area contributed by atoms with Crippen LogP contribution in [0.4, 0.5) is 0 Å². The lowest BCUT2D eigenvalue weighted by atomic mass is 9.85. The van der Waals surface area contributed by atoms with E-state index in [1.807, 2.05) is 6.08 Å². The van der Waals surface area contributed by atoms with Gasteiger partial charge < -0.3 is 4.74 Å². The topological polar surface area (TPSA) is 38.7 Å². The molecule has 1 aromatic rings. The van der Waals surface area contributed by atoms with Crippen LogP contribution in [0.15, 0.2) is 17.1 Å². The van der Waals surface area contributed by atoms with Gasteiger partial charge in [-0.05, 0) is 68.7 Å². The van der Waals surface area contributed by atoms with Gasteiger partial charge in [0.1, 0.15) is 11.3 Å². The SMILES string of the molecule is Cc1cc(OCC2CCC2)c(C2(N=C=O)CCCC2)cc1C. The molecule has 0 spiro atoms. The van der Waals surface area contributed by atoms with Gasteiger partial charge in [0, 0.05) is 5.56 Å². The minimum atomic E-state index is -0.408. The highest BCUT2D eigenvalue weighted by Crippen LogP contribution is 2.46. The fraction of sp³-hybridized carbons (Fsp3) is 0.632. The standard InChI is InChI=1S/C19H25NO2/c1-14-10-17(19(20-13-21)8-3-4-9-19)18(11-15(14)2)22-12-16-6-5-7-16/h10-11,16H,3-9,12H2,1-2H3. The molecule has 2 aliphatic carbocycles. The first-order chi connectivity index (χ1) is 10.6. The average molecular weight is 299 g/mol. The van der Waals surface area contributed by atoms with E-state index < -0.39 is 5.54 Å². The van der Waals surface area contributed by atoms with E-state index in [9.17, 15) is 4.79 Å². The Balaban J connectivity index is 1.96. The Bertz CT molecular complexity index is 592. The molecular formula is C19H25NO2. The van der Waals surface area contributed by atoms with Crippen LogP contribution in [-0.4, -0.2) is 12.7 Å². The smallest absolute Gasteiger partial charge is 0.235 e. The Morgan fingerprint density at radius 1 is 1.18 bits per heavy atom. The van der Waals surface area contributed by atoms with E-state index in [2.05, 4.69) is 31.0 Å². The first-order valence-corrected chi connectivity index (χ1v) is 8.48. The first kappa shape index (κ1) is 15.3. The van der Waals surface area contributed by atoms with Gasteiger partial charge in [-0.25, -0.2) is 4.79 Å². The quantitative estimate of drug-likeness (QED) is 0.589. The minimum Gasteiger partial charge on any atom is -0.493 e. The van der Waals surface area contributed by atoms with Gasteiger partial charge in [0.2, 0.25) is 6.08 Å². The summed E-state index contributed by atoms with van der Waals surface area (Å²) in [6.07, 6.45) is 9.76. The summed E-state index contributed by atoms with van der Waals surface area (Å²) in [7, 11) is 0. The van der Waals surface area contributed by atoms with Gasteiger partial charge in [-0.2, -0.15) is 4.99 Å². The fourth-order valence-electron chi connectivity index (χ4n) is 3.63. The van der Waals surface area contributed by atoms with Crippen LogP contribution < -0.4 is 4.74 Å². The molecule has 0 aliphatic heterocycles. The summed E-state index contributed by atoms with van der Waals surface area (Å²) in [5, 5.41) is 0. The van der Waals surface area contributed by atoms with E-state index in [-0.39, 0.29) is 0 Å². The molecule has 2 saturated carbocycles. The van der Waals surface area contributed by atoms with Crippen molar-refractivity contribution in [2.75, 3.05) is 6.61 Å². The fourth-order valence-corrected chi connectivity index (χ4v) is 3.63. The molecule has 118 valence electrons. The van der Waals surface area contributed by atoms with E-state index >= 15 is 0 Å². The molecule has 0 bridgehead atoms. The lowest BCUT2D eigenvalue weighted by Gasteiger charge is -2.29. The third-order valence-corrected chi connectivity index (χ3v) is 5.49. The van der Waals surface area contributed by atoms with Crippen LogP contribution in [0.5, 0.6) is 5.75 Å². The van der Waals surface area contributed by atoms with Crippen LogP contribution >= 0.6 is 0 Å². The van der Waals surface area contributed by atoms with Crippen LogP contribution in [0.2, 0.25) is 0 Å². The van der Waals surface area contributed by atoms with Gasteiger partial charge >= 0.3 is 0 Å². The van der Waals surface area contributed by atoms with Crippen LogP contribution in [0.25, 0.3) is 0 Å². The van der Waals surface area contributed by atoms with Crippen LogP contribution in [0.1, 0.15) is 61.6 Å². The molecule has 3 rings (SSSR count). The molecule has 1 aromatic carbocycles. The highest BCUT2D eigenvalue weighted by atomic mass is 16.5. The summed E-state index contributed by atoms with van der Waals surface area (Å²) in [6, 6.07) is 4.31. The summed E-state index contributed by atoms with van der Waals surface area (Å²) in [5.41, 5.74) is 3.15. The second kappa shape index (κ2) is 6.26. The number of hydrogen-bond donors (Lipinski definition) is 0. The lowest BCUT2D eigenvalue weighted by molar-refractivity contribution is 0.177. The Kier molecular flexibility index (Phi) is 4.35. The van der Waals surface area contributed by atoms with Crippen molar-refractivity contribution >= 4 is 6.08 Å². The van der Waals surface area contributed by atoms with Crippen molar-refractivity contribution in [3.63, 3.8) is 0 Å². The number of hydrogen-bond acceptors (Lipinski definition) is 3. The number of isocyanates is 1. The zero-order valence-electron chi connectivity index (χ0n) is 13.7. The average Bonchev–Trinajstić information content (AvgIpc) is 2.90. The summed E-state index contributed by atoms with van der Waals surface area (Å²) >= 11 is 0. The molecule has 0 unspecified atom stereocenters. The monoisotopic (exact) mass is 299 g/mol. The van der Waals surface area contributed by atoms with Crippen molar-refractivity contribution in [2.24, 2.45) is 10.9 Å². The van der Waals surface area contributed by atoms with Crippen LogP contribution in [0.3, 0.4) is 0 Å². The molecule has 3 heteroatoms. The third kappa shape index (κ3) is 2.83. The zero-order chi connectivity index (χ0) is 15.6. The number of aliphatic imine (C=N–C) groups is 1. The molecule has 3 nitrogen and oxygen atoms in total. The van der Waals surface area contributed by atoms with Gasteiger partial charge in [0.25, 0.3) is 0 Å². The van der Waals surface area contributed by atoms with E-state index in [4.69, 9.17) is 4.74 Å². The summed E-state index contributed by atoms with van der Waals surface area (Å²) in [5.74, 6) is 1.62. The molecule has 0 N–H and O–H groups in total. The van der Waals surface area contributed by atoms with E-state index in [1.165, 1.54) is 30.4 Å². The van der Waals surface area contributed by atoms with Crippen molar-refractivity contribution in [2.45, 2.75) is 64.3 Å². The minimum absolute atomic E-state index is 0.408. The molecule has 0 heterocycles. The molecule has 2 aliphatic rings. The van der Waals surface area contributed by atoms with E-state index in [0.717, 1.165) is 43.6 Å². The Hall–Kier alpha value is -1.60. The largest absolute Gasteiger partial charge is 0.493 e. The highest BCUT2D eigenvalue weighted by Gasteiger charge is 2.38. The Morgan fingerprint density at radius 2 is 1.86 bits per heavy atom. The summed E-state index contributed by atoms with van der Waals surface area (Å²) < 4.78 is 6.17. The third-order valence-electron chi connectivity index (χ3n) is 5.49. The summed E-state index contributed by atoms with van der Waals surface area (Å²) in [6.45, 7) is 5.01. The van der Waals surface area contributed by atoms with E-state index in [0.29, 0.717) is 5.92 Å². The maximum Gasteiger partial charge on any atom is 0.235 e. The molecule has 0 saturated heterocycles. The van der Waals surface area contributed by atoms with Gasteiger partial charge in [-0.3, -0.25) is 0 Å². The van der Waals surface area contributed by atoms with Crippen LogP contribution in [-0.2, 0) is 10.3 Å². The van der Waals surface area contributed by atoms with Crippen molar-refractivity contribution in [3.05, 3.63) is 28.8 Å². The molecule has 0 radical (unpaired) electrons. The number of benzene rings is 1. The first-order valence-electron chi connectivity index (χ1n) is 8.48. The molecule has 0 atom stereocenters. The van der Waals surface area contributed by atoms with Crippen molar-refractivity contribution in [1.29, 1.82) is 0 Å². The van der Waals surface area contributed by atoms with Gasteiger partial charge in [0.15, 0.2) is 0 Å². The lowest BCUT2D eigenvalue weighted by Crippen LogP contribution is -2.23. The number of carbonyl (C=O) groups excluding carboxylic acids is 1. The molecule has 0 aromatic heterocycles. The maximum atomic E-state index is 11.0. The molecule has 2 fully saturated rings. The normalized spacial score (nSPS) is 20.3. The second-order valence-electron chi connectivity index (χ2n) is 6.98. The maximum absolute atomic E-state index is 11.0. The Labute approximate surface area is 132 Å². The van der Waals surface area contributed by atoms with Gasteiger partial charge in [-0.15, -0.1) is 0 Å². The second-order valence-corrected chi connectivity index (χ2v) is 6.98. The van der Waals surface area contributed by atoms with Crippen molar-refractivity contribution < 1.29 is 9.53 Å². The number of aryl methyl sites for hydroxylation is 2. The van der Waals surface area contributed by atoms with Crippen molar-refractivity contribution in [1.82, 2.24) is 0 Å². The van der Waals surface area contributed by atoms with Gasteiger partial charge in [0.05, 0.1) is 6.61 Å². The van der Waals surface area contributed by atoms with E-state index in [1.54, 1.807) is 0 Å². The molecule has 22 heavy (non-hydrogen) atoms. The van der Waals surface area contributed by atoms with Crippen molar-refractivity contribution in [3.8, 4) is 5.75 Å². The molecule has 0 amide bonds. The number of nitrogens with zero attached hydrogens (tertiary/aromatic N) is 1.